The first-order valence-electron chi connectivity index (χ1n) is 11.1. The summed E-state index contributed by atoms with van der Waals surface area (Å²) in [5.41, 5.74) is 2.46. The van der Waals surface area contributed by atoms with E-state index in [1.165, 1.54) is 34.1 Å². The second kappa shape index (κ2) is 8.74. The van der Waals surface area contributed by atoms with Gasteiger partial charge in [0.1, 0.15) is 0 Å². The summed E-state index contributed by atoms with van der Waals surface area (Å²) in [6.07, 6.45) is 2.74. The van der Waals surface area contributed by atoms with Crippen molar-refractivity contribution >= 4 is 26.8 Å². The van der Waals surface area contributed by atoms with E-state index in [-0.39, 0.29) is 29.6 Å². The van der Waals surface area contributed by atoms with Crippen molar-refractivity contribution in [1.29, 1.82) is 0 Å². The lowest BCUT2D eigenvalue weighted by Crippen LogP contribution is -2.40. The molecule has 5 rings (SSSR count). The van der Waals surface area contributed by atoms with Gasteiger partial charge in [-0.25, -0.2) is 8.42 Å². The number of amides is 1. The number of carbonyl (C=O) groups excluding carboxylic acids is 1. The topological polar surface area (TPSA) is 109 Å². The fourth-order valence-corrected chi connectivity index (χ4v) is 6.09. The number of nitrogens with zero attached hydrogens (tertiary/aromatic N) is 1. The zero-order valence-corrected chi connectivity index (χ0v) is 18.9. The standard InChI is InChI=1S/C24H25N3O5S/c28-23-15-20(24(29)26-21-7-3-5-16-4-1-2-6-18(16)21)19-14-17(8-9-22(19)25-23)33(30,31)27-10-12-32-13-11-27/h1-2,4,6,8-9,14-15,21H,3,5,7,10-13H2,(H,25,28)(H,26,29). The van der Waals surface area contributed by atoms with Crippen LogP contribution in [0.1, 0.15) is 40.4 Å². The highest BCUT2D eigenvalue weighted by Gasteiger charge is 2.28. The van der Waals surface area contributed by atoms with Crippen LogP contribution in [0.15, 0.2) is 58.2 Å². The Bertz CT molecular complexity index is 1380. The van der Waals surface area contributed by atoms with Gasteiger partial charge in [-0.3, -0.25) is 9.59 Å². The predicted octanol–water partition coefficient (Wildman–Crippen LogP) is 2.36. The fraction of sp³-hybridized carbons (Fsp3) is 0.333. The Morgan fingerprint density at radius 3 is 2.70 bits per heavy atom. The van der Waals surface area contributed by atoms with Crippen molar-refractivity contribution < 1.29 is 17.9 Å². The number of aromatic amines is 1. The summed E-state index contributed by atoms with van der Waals surface area (Å²) in [4.78, 5) is 28.3. The number of morpholine rings is 1. The Hall–Kier alpha value is -3.01. The normalized spacial score (nSPS) is 19.2. The van der Waals surface area contributed by atoms with Gasteiger partial charge in [0.15, 0.2) is 0 Å². The Morgan fingerprint density at radius 2 is 1.88 bits per heavy atom. The molecule has 1 amide bonds. The first-order chi connectivity index (χ1) is 15.9. The fourth-order valence-electron chi connectivity index (χ4n) is 4.66. The van der Waals surface area contributed by atoms with Gasteiger partial charge >= 0.3 is 0 Å². The van der Waals surface area contributed by atoms with Gasteiger partial charge < -0.3 is 15.0 Å². The van der Waals surface area contributed by atoms with Crippen LogP contribution < -0.4 is 10.9 Å². The Kier molecular flexibility index (Phi) is 5.77. The van der Waals surface area contributed by atoms with Crippen LogP contribution in [0.3, 0.4) is 0 Å². The number of H-pyrrole nitrogens is 1. The van der Waals surface area contributed by atoms with Crippen LogP contribution in [-0.2, 0) is 21.2 Å². The summed E-state index contributed by atoms with van der Waals surface area (Å²) in [5, 5.41) is 3.46. The summed E-state index contributed by atoms with van der Waals surface area (Å²) in [7, 11) is -3.74. The van der Waals surface area contributed by atoms with Crippen molar-refractivity contribution in [2.45, 2.75) is 30.2 Å². The van der Waals surface area contributed by atoms with E-state index in [0.717, 1.165) is 24.8 Å². The second-order valence-corrected chi connectivity index (χ2v) is 10.3. The summed E-state index contributed by atoms with van der Waals surface area (Å²) in [6, 6.07) is 13.6. The number of hydrogen-bond donors (Lipinski definition) is 2. The number of aryl methyl sites for hydroxylation is 1. The smallest absolute Gasteiger partial charge is 0.252 e. The van der Waals surface area contributed by atoms with Crippen molar-refractivity contribution in [2.75, 3.05) is 26.3 Å². The van der Waals surface area contributed by atoms with Crippen molar-refractivity contribution in [1.82, 2.24) is 14.6 Å². The van der Waals surface area contributed by atoms with Crippen LogP contribution in [0.5, 0.6) is 0 Å². The molecule has 172 valence electrons. The molecule has 1 atom stereocenters. The minimum Gasteiger partial charge on any atom is -0.379 e. The predicted molar refractivity (Wildman–Crippen MR) is 124 cm³/mol. The van der Waals surface area contributed by atoms with Crippen LogP contribution >= 0.6 is 0 Å². The summed E-state index contributed by atoms with van der Waals surface area (Å²) < 4.78 is 32.9. The Balaban J connectivity index is 1.52. The van der Waals surface area contributed by atoms with Crippen LogP contribution in [0.25, 0.3) is 10.9 Å². The summed E-state index contributed by atoms with van der Waals surface area (Å²) in [5.74, 6) is -0.395. The van der Waals surface area contributed by atoms with Gasteiger partial charge in [0, 0.05) is 30.1 Å². The third-order valence-corrected chi connectivity index (χ3v) is 8.24. The van der Waals surface area contributed by atoms with E-state index in [1.807, 2.05) is 18.2 Å². The largest absolute Gasteiger partial charge is 0.379 e. The molecule has 33 heavy (non-hydrogen) atoms. The average Bonchev–Trinajstić information content (AvgIpc) is 2.84. The molecule has 1 aliphatic carbocycles. The quantitative estimate of drug-likeness (QED) is 0.612. The number of nitrogens with one attached hydrogen (secondary N) is 2. The van der Waals surface area contributed by atoms with Crippen molar-refractivity contribution in [2.24, 2.45) is 0 Å². The lowest BCUT2D eigenvalue weighted by atomic mass is 9.87. The lowest BCUT2D eigenvalue weighted by Gasteiger charge is -2.27. The summed E-state index contributed by atoms with van der Waals surface area (Å²) >= 11 is 0. The number of pyridine rings is 1. The molecular formula is C24H25N3O5S. The highest BCUT2D eigenvalue weighted by molar-refractivity contribution is 7.89. The monoisotopic (exact) mass is 467 g/mol. The molecule has 9 heteroatoms. The number of rotatable bonds is 4. The number of fused-ring (bicyclic) bond motifs is 2. The van der Waals surface area contributed by atoms with Gasteiger partial charge in [0.05, 0.1) is 29.7 Å². The third kappa shape index (κ3) is 4.19. The molecule has 0 radical (unpaired) electrons. The number of hydrogen-bond acceptors (Lipinski definition) is 5. The van der Waals surface area contributed by atoms with E-state index in [2.05, 4.69) is 16.4 Å². The average molecular weight is 468 g/mol. The molecule has 2 aliphatic rings. The molecule has 1 aromatic heterocycles. The molecule has 2 aromatic carbocycles. The van der Waals surface area contributed by atoms with Gasteiger partial charge in [0.2, 0.25) is 15.6 Å². The van der Waals surface area contributed by atoms with Crippen LogP contribution in [-0.4, -0.2) is 49.9 Å². The highest BCUT2D eigenvalue weighted by atomic mass is 32.2. The van der Waals surface area contributed by atoms with Crippen molar-refractivity contribution in [3.8, 4) is 0 Å². The minimum atomic E-state index is -3.74. The molecule has 1 aliphatic heterocycles. The highest BCUT2D eigenvalue weighted by Crippen LogP contribution is 2.30. The molecule has 0 saturated carbocycles. The molecule has 1 fully saturated rings. The van der Waals surface area contributed by atoms with E-state index in [0.29, 0.717) is 24.1 Å². The first kappa shape index (κ1) is 21.8. The van der Waals surface area contributed by atoms with Gasteiger partial charge in [-0.1, -0.05) is 24.3 Å². The summed E-state index contributed by atoms with van der Waals surface area (Å²) in [6.45, 7) is 1.24. The third-order valence-electron chi connectivity index (χ3n) is 6.34. The molecular weight excluding hydrogens is 442 g/mol. The number of benzene rings is 2. The van der Waals surface area contributed by atoms with Gasteiger partial charge in [-0.05, 0) is 48.6 Å². The molecule has 0 spiro atoms. The number of ether oxygens (including phenoxy) is 1. The number of sulfonamides is 1. The van der Waals surface area contributed by atoms with Gasteiger partial charge in [0.25, 0.3) is 5.91 Å². The van der Waals surface area contributed by atoms with Crippen molar-refractivity contribution in [3.05, 3.63) is 75.6 Å². The molecule has 2 heterocycles. The number of aromatic nitrogens is 1. The lowest BCUT2D eigenvalue weighted by molar-refractivity contribution is 0.0730. The molecule has 3 aromatic rings. The first-order valence-corrected chi connectivity index (χ1v) is 12.5. The van der Waals surface area contributed by atoms with Crippen LogP contribution in [0.2, 0.25) is 0 Å². The van der Waals surface area contributed by atoms with Crippen LogP contribution in [0.4, 0.5) is 0 Å². The molecule has 1 unspecified atom stereocenters. The van der Waals surface area contributed by atoms with E-state index >= 15 is 0 Å². The van der Waals surface area contributed by atoms with E-state index < -0.39 is 21.5 Å². The maximum Gasteiger partial charge on any atom is 0.252 e. The zero-order valence-electron chi connectivity index (χ0n) is 18.0. The van der Waals surface area contributed by atoms with E-state index in [9.17, 15) is 18.0 Å². The van der Waals surface area contributed by atoms with E-state index in [1.54, 1.807) is 0 Å². The molecule has 8 nitrogen and oxygen atoms in total. The molecule has 1 saturated heterocycles. The maximum atomic E-state index is 13.3. The van der Waals surface area contributed by atoms with Gasteiger partial charge in [-0.2, -0.15) is 4.31 Å². The molecule has 0 bridgehead atoms. The molecule has 2 N–H and O–H groups in total. The van der Waals surface area contributed by atoms with Crippen LogP contribution in [0, 0.1) is 0 Å². The maximum absolute atomic E-state index is 13.3. The van der Waals surface area contributed by atoms with E-state index in [4.69, 9.17) is 4.74 Å². The number of carbonyl (C=O) groups is 1. The Labute approximate surface area is 191 Å². The zero-order chi connectivity index (χ0) is 23.0. The van der Waals surface area contributed by atoms with Gasteiger partial charge in [-0.15, -0.1) is 0 Å². The minimum absolute atomic E-state index is 0.0843. The van der Waals surface area contributed by atoms with Crippen molar-refractivity contribution in [3.63, 3.8) is 0 Å². The Morgan fingerprint density at radius 1 is 1.09 bits per heavy atom. The second-order valence-electron chi connectivity index (χ2n) is 8.39. The SMILES string of the molecule is O=C(NC1CCCc2ccccc21)c1cc(=O)[nH]c2ccc(S(=O)(=O)N3CCOCC3)cc12.